The Kier molecular flexibility index (Phi) is 7.87. The Balaban J connectivity index is 2.05. The van der Waals surface area contributed by atoms with Crippen molar-refractivity contribution >= 4 is 0 Å². The fourth-order valence-corrected chi connectivity index (χ4v) is 2.07. The van der Waals surface area contributed by atoms with E-state index in [0.717, 1.165) is 12.8 Å². The zero-order chi connectivity index (χ0) is 13.9. The fourth-order valence-electron chi connectivity index (χ4n) is 2.07. The van der Waals surface area contributed by atoms with Gasteiger partial charge in [0, 0.05) is 0 Å². The Labute approximate surface area is 116 Å². The quantitative estimate of drug-likeness (QED) is 0.608. The van der Waals surface area contributed by atoms with Crippen LogP contribution in [0.2, 0.25) is 0 Å². The standard InChI is InChI=1S/C16H26O3/c1-2-3-4-5-6-7-8-9-13-19-16-14(17)11-10-12-15(16)18/h10-12,17-18H,2-9,13H2,1H3. The molecule has 108 valence electrons. The van der Waals surface area contributed by atoms with E-state index in [1.807, 2.05) is 0 Å². The average molecular weight is 266 g/mol. The molecule has 3 nitrogen and oxygen atoms in total. The van der Waals surface area contributed by atoms with Crippen LogP contribution in [0.25, 0.3) is 0 Å². The number of hydrogen-bond donors (Lipinski definition) is 2. The average Bonchev–Trinajstić information content (AvgIpc) is 2.40. The molecule has 19 heavy (non-hydrogen) atoms. The van der Waals surface area contributed by atoms with Gasteiger partial charge in [-0.05, 0) is 18.6 Å². The topological polar surface area (TPSA) is 49.7 Å². The number of benzene rings is 1. The van der Waals surface area contributed by atoms with Crippen LogP contribution >= 0.6 is 0 Å². The van der Waals surface area contributed by atoms with E-state index >= 15 is 0 Å². The number of rotatable bonds is 10. The van der Waals surface area contributed by atoms with Gasteiger partial charge < -0.3 is 14.9 Å². The van der Waals surface area contributed by atoms with Gasteiger partial charge >= 0.3 is 0 Å². The van der Waals surface area contributed by atoms with Gasteiger partial charge in [-0.3, -0.25) is 0 Å². The number of unbranched alkanes of at least 4 members (excludes halogenated alkanes) is 7. The SMILES string of the molecule is CCCCCCCCCCOc1c(O)cccc1O. The molecule has 0 fully saturated rings. The van der Waals surface area contributed by atoms with Crippen molar-refractivity contribution < 1.29 is 14.9 Å². The van der Waals surface area contributed by atoms with Crippen molar-refractivity contribution in [1.29, 1.82) is 0 Å². The lowest BCUT2D eigenvalue weighted by Crippen LogP contribution is -1.97. The van der Waals surface area contributed by atoms with Crippen molar-refractivity contribution in [2.45, 2.75) is 58.3 Å². The smallest absolute Gasteiger partial charge is 0.203 e. The van der Waals surface area contributed by atoms with Gasteiger partial charge in [-0.15, -0.1) is 0 Å². The van der Waals surface area contributed by atoms with Gasteiger partial charge in [0.15, 0.2) is 11.5 Å². The summed E-state index contributed by atoms with van der Waals surface area (Å²) in [5.41, 5.74) is 0. The second-order valence-electron chi connectivity index (χ2n) is 4.95. The van der Waals surface area contributed by atoms with Crippen LogP contribution in [0, 0.1) is 0 Å². The molecule has 0 aliphatic carbocycles. The highest BCUT2D eigenvalue weighted by Crippen LogP contribution is 2.35. The molecule has 0 aliphatic rings. The van der Waals surface area contributed by atoms with Gasteiger partial charge in [0.2, 0.25) is 5.75 Å². The van der Waals surface area contributed by atoms with E-state index in [1.54, 1.807) is 6.07 Å². The van der Waals surface area contributed by atoms with E-state index in [2.05, 4.69) is 6.92 Å². The van der Waals surface area contributed by atoms with Crippen molar-refractivity contribution in [3.8, 4) is 17.2 Å². The highest BCUT2D eigenvalue weighted by Gasteiger charge is 2.07. The Morgan fingerprint density at radius 3 is 1.95 bits per heavy atom. The summed E-state index contributed by atoms with van der Waals surface area (Å²) in [6, 6.07) is 4.62. The third-order valence-corrected chi connectivity index (χ3v) is 3.22. The molecule has 0 aliphatic heterocycles. The molecule has 0 unspecified atom stereocenters. The molecule has 0 spiro atoms. The van der Waals surface area contributed by atoms with Crippen LogP contribution in [0.15, 0.2) is 18.2 Å². The van der Waals surface area contributed by atoms with Gasteiger partial charge in [-0.25, -0.2) is 0 Å². The molecule has 0 saturated heterocycles. The minimum absolute atomic E-state index is 0.000402. The van der Waals surface area contributed by atoms with Crippen LogP contribution in [-0.4, -0.2) is 16.8 Å². The molecule has 0 amide bonds. The molecule has 0 radical (unpaired) electrons. The molecule has 2 N–H and O–H groups in total. The minimum atomic E-state index is -0.000402. The summed E-state index contributed by atoms with van der Waals surface area (Å²) < 4.78 is 5.41. The Hall–Kier alpha value is -1.38. The van der Waals surface area contributed by atoms with E-state index in [-0.39, 0.29) is 17.2 Å². The van der Waals surface area contributed by atoms with E-state index in [9.17, 15) is 10.2 Å². The second-order valence-corrected chi connectivity index (χ2v) is 4.95. The highest BCUT2D eigenvalue weighted by atomic mass is 16.5. The predicted molar refractivity (Wildman–Crippen MR) is 77.9 cm³/mol. The number of phenols is 2. The van der Waals surface area contributed by atoms with Gasteiger partial charge in [-0.2, -0.15) is 0 Å². The molecule has 0 bridgehead atoms. The maximum Gasteiger partial charge on any atom is 0.203 e. The van der Waals surface area contributed by atoms with Crippen LogP contribution in [0.3, 0.4) is 0 Å². The van der Waals surface area contributed by atoms with Crippen molar-refractivity contribution in [3.05, 3.63) is 18.2 Å². The Bertz CT molecular complexity index is 330. The predicted octanol–water partition coefficient (Wildman–Crippen LogP) is 4.62. The molecule has 3 heteroatoms. The molecule has 0 saturated carbocycles. The summed E-state index contributed by atoms with van der Waals surface area (Å²) >= 11 is 0. The van der Waals surface area contributed by atoms with Gasteiger partial charge in [0.05, 0.1) is 6.61 Å². The lowest BCUT2D eigenvalue weighted by Gasteiger charge is -2.09. The van der Waals surface area contributed by atoms with Gasteiger partial charge in [0.1, 0.15) is 0 Å². The maximum absolute atomic E-state index is 9.53. The number of ether oxygens (including phenoxy) is 1. The van der Waals surface area contributed by atoms with Crippen molar-refractivity contribution in [1.82, 2.24) is 0 Å². The van der Waals surface area contributed by atoms with Crippen LogP contribution in [0.5, 0.6) is 17.2 Å². The van der Waals surface area contributed by atoms with Crippen molar-refractivity contribution in [3.63, 3.8) is 0 Å². The van der Waals surface area contributed by atoms with Crippen LogP contribution < -0.4 is 4.74 Å². The normalized spacial score (nSPS) is 10.6. The lowest BCUT2D eigenvalue weighted by molar-refractivity contribution is 0.274. The fraction of sp³-hybridized carbons (Fsp3) is 0.625. The lowest BCUT2D eigenvalue weighted by atomic mass is 10.1. The summed E-state index contributed by atoms with van der Waals surface area (Å²) in [5, 5.41) is 19.1. The molecule has 0 heterocycles. The summed E-state index contributed by atoms with van der Waals surface area (Å²) in [6.07, 6.45) is 9.94. The monoisotopic (exact) mass is 266 g/mol. The van der Waals surface area contributed by atoms with Crippen molar-refractivity contribution in [2.75, 3.05) is 6.61 Å². The molecule has 0 aromatic heterocycles. The summed E-state index contributed by atoms with van der Waals surface area (Å²) in [4.78, 5) is 0. The minimum Gasteiger partial charge on any atom is -0.504 e. The van der Waals surface area contributed by atoms with Gasteiger partial charge in [-0.1, -0.05) is 57.9 Å². The summed E-state index contributed by atoms with van der Waals surface area (Å²) in [6.45, 7) is 2.77. The number of para-hydroxylation sites is 1. The van der Waals surface area contributed by atoms with Crippen LogP contribution in [-0.2, 0) is 0 Å². The zero-order valence-corrected chi connectivity index (χ0v) is 11.9. The third kappa shape index (κ3) is 6.37. The van der Waals surface area contributed by atoms with Crippen molar-refractivity contribution in [2.24, 2.45) is 0 Å². The van der Waals surface area contributed by atoms with Crippen LogP contribution in [0.4, 0.5) is 0 Å². The van der Waals surface area contributed by atoms with Gasteiger partial charge in [0.25, 0.3) is 0 Å². The summed E-state index contributed by atoms with van der Waals surface area (Å²) in [5.74, 6) is 0.199. The Morgan fingerprint density at radius 1 is 0.842 bits per heavy atom. The number of aromatic hydroxyl groups is 2. The van der Waals surface area contributed by atoms with E-state index < -0.39 is 0 Å². The Morgan fingerprint density at radius 2 is 1.37 bits per heavy atom. The number of phenolic OH excluding ortho intramolecular Hbond substituents is 2. The number of hydrogen-bond acceptors (Lipinski definition) is 3. The molecular weight excluding hydrogens is 240 g/mol. The van der Waals surface area contributed by atoms with E-state index in [0.29, 0.717) is 6.61 Å². The molecule has 1 aromatic rings. The first kappa shape index (κ1) is 15.7. The third-order valence-electron chi connectivity index (χ3n) is 3.22. The molecule has 1 rings (SSSR count). The first-order valence-electron chi connectivity index (χ1n) is 7.39. The largest absolute Gasteiger partial charge is 0.504 e. The van der Waals surface area contributed by atoms with Crippen LogP contribution in [0.1, 0.15) is 58.3 Å². The molecular formula is C16H26O3. The van der Waals surface area contributed by atoms with E-state index in [4.69, 9.17) is 4.74 Å². The molecule has 1 aromatic carbocycles. The summed E-state index contributed by atoms with van der Waals surface area (Å²) in [7, 11) is 0. The first-order chi connectivity index (χ1) is 9.25. The molecule has 0 atom stereocenters. The first-order valence-corrected chi connectivity index (χ1v) is 7.39. The zero-order valence-electron chi connectivity index (χ0n) is 11.9. The van der Waals surface area contributed by atoms with E-state index in [1.165, 1.54) is 50.7 Å². The maximum atomic E-state index is 9.53. The highest BCUT2D eigenvalue weighted by molar-refractivity contribution is 5.49. The second kappa shape index (κ2) is 9.54.